The van der Waals surface area contributed by atoms with Crippen molar-refractivity contribution < 1.29 is 4.74 Å². The van der Waals surface area contributed by atoms with Crippen molar-refractivity contribution in [3.63, 3.8) is 0 Å². The fourth-order valence-corrected chi connectivity index (χ4v) is 2.36. The van der Waals surface area contributed by atoms with Gasteiger partial charge in [0, 0.05) is 6.54 Å². The summed E-state index contributed by atoms with van der Waals surface area (Å²) in [6.07, 6.45) is 5.01. The Balaban J connectivity index is 2.06. The summed E-state index contributed by atoms with van der Waals surface area (Å²) < 4.78 is 5.50. The summed E-state index contributed by atoms with van der Waals surface area (Å²) >= 11 is 0. The van der Waals surface area contributed by atoms with Crippen LogP contribution in [0.4, 0.5) is 11.9 Å². The lowest BCUT2D eigenvalue weighted by atomic mass is 9.67. The van der Waals surface area contributed by atoms with Crippen LogP contribution in [0.5, 0.6) is 6.01 Å². The average Bonchev–Trinajstić information content (AvgIpc) is 2.37. The van der Waals surface area contributed by atoms with Crippen LogP contribution in [0.3, 0.4) is 0 Å². The number of nitrogen functional groups attached to an aromatic ring is 1. The molecule has 0 aromatic carbocycles. The molecular formula is C13H24N6O. The van der Waals surface area contributed by atoms with Crippen molar-refractivity contribution >= 4 is 11.9 Å². The third-order valence-corrected chi connectivity index (χ3v) is 3.87. The maximum atomic E-state index is 5.50. The SMILES string of the molecule is CCC1(CNc2nc(NN)nc(OC(C)C)n2)CCC1. The summed E-state index contributed by atoms with van der Waals surface area (Å²) in [7, 11) is 0. The molecule has 0 bridgehead atoms. The van der Waals surface area contributed by atoms with Crippen molar-refractivity contribution in [1.82, 2.24) is 15.0 Å². The topological polar surface area (TPSA) is 98.0 Å². The van der Waals surface area contributed by atoms with Gasteiger partial charge in [0.05, 0.1) is 6.10 Å². The van der Waals surface area contributed by atoms with Gasteiger partial charge in [-0.25, -0.2) is 5.84 Å². The molecular weight excluding hydrogens is 256 g/mol. The third kappa shape index (κ3) is 3.47. The van der Waals surface area contributed by atoms with Gasteiger partial charge in [0.15, 0.2) is 0 Å². The normalized spacial score (nSPS) is 16.6. The smallest absolute Gasteiger partial charge is 0.323 e. The molecule has 1 aromatic heterocycles. The van der Waals surface area contributed by atoms with Crippen LogP contribution in [0.15, 0.2) is 0 Å². The van der Waals surface area contributed by atoms with Gasteiger partial charge >= 0.3 is 6.01 Å². The molecule has 0 spiro atoms. The maximum absolute atomic E-state index is 5.50. The molecule has 1 aliphatic carbocycles. The predicted molar refractivity (Wildman–Crippen MR) is 78.5 cm³/mol. The summed E-state index contributed by atoms with van der Waals surface area (Å²) in [6, 6.07) is 0.282. The van der Waals surface area contributed by atoms with Gasteiger partial charge in [-0.2, -0.15) is 15.0 Å². The molecule has 112 valence electrons. The number of anilines is 2. The van der Waals surface area contributed by atoms with E-state index in [4.69, 9.17) is 10.6 Å². The first-order chi connectivity index (χ1) is 9.57. The van der Waals surface area contributed by atoms with Gasteiger partial charge in [-0.3, -0.25) is 5.43 Å². The third-order valence-electron chi connectivity index (χ3n) is 3.87. The zero-order valence-electron chi connectivity index (χ0n) is 12.4. The van der Waals surface area contributed by atoms with Crippen LogP contribution in [0.2, 0.25) is 0 Å². The average molecular weight is 280 g/mol. The first-order valence-electron chi connectivity index (χ1n) is 7.20. The number of nitrogens with zero attached hydrogens (tertiary/aromatic N) is 3. The van der Waals surface area contributed by atoms with Gasteiger partial charge in [-0.1, -0.05) is 13.3 Å². The van der Waals surface area contributed by atoms with Crippen LogP contribution in [-0.2, 0) is 0 Å². The Morgan fingerprint density at radius 2 is 1.95 bits per heavy atom. The Bertz CT molecular complexity index is 441. The number of hydrazine groups is 1. The molecule has 1 saturated carbocycles. The first-order valence-corrected chi connectivity index (χ1v) is 7.20. The number of hydrogen-bond donors (Lipinski definition) is 3. The summed E-state index contributed by atoms with van der Waals surface area (Å²) in [6.45, 7) is 6.95. The molecule has 7 heteroatoms. The lowest BCUT2D eigenvalue weighted by Gasteiger charge is -2.41. The van der Waals surface area contributed by atoms with Crippen molar-refractivity contribution in [1.29, 1.82) is 0 Å². The second-order valence-electron chi connectivity index (χ2n) is 5.64. The Hall–Kier alpha value is -1.63. The van der Waals surface area contributed by atoms with E-state index < -0.39 is 0 Å². The van der Waals surface area contributed by atoms with E-state index in [1.54, 1.807) is 0 Å². The van der Waals surface area contributed by atoms with Crippen LogP contribution in [0, 0.1) is 5.41 Å². The number of ether oxygens (including phenoxy) is 1. The number of nitrogens with two attached hydrogens (primary N) is 1. The van der Waals surface area contributed by atoms with Crippen molar-refractivity contribution in [3.05, 3.63) is 0 Å². The van der Waals surface area contributed by atoms with Crippen LogP contribution in [-0.4, -0.2) is 27.6 Å². The molecule has 1 fully saturated rings. The second-order valence-corrected chi connectivity index (χ2v) is 5.64. The maximum Gasteiger partial charge on any atom is 0.323 e. The Morgan fingerprint density at radius 1 is 1.25 bits per heavy atom. The van der Waals surface area contributed by atoms with Crippen LogP contribution >= 0.6 is 0 Å². The number of aromatic nitrogens is 3. The highest BCUT2D eigenvalue weighted by molar-refractivity contribution is 5.35. The van der Waals surface area contributed by atoms with E-state index in [0.717, 1.165) is 6.54 Å². The zero-order chi connectivity index (χ0) is 14.6. The van der Waals surface area contributed by atoms with Gasteiger partial charge in [-0.05, 0) is 38.5 Å². The molecule has 4 N–H and O–H groups in total. The molecule has 0 radical (unpaired) electrons. The molecule has 0 unspecified atom stereocenters. The fourth-order valence-electron chi connectivity index (χ4n) is 2.36. The van der Waals surface area contributed by atoms with E-state index in [1.807, 2.05) is 13.8 Å². The molecule has 1 aromatic rings. The molecule has 0 saturated heterocycles. The highest BCUT2D eigenvalue weighted by atomic mass is 16.5. The minimum absolute atomic E-state index is 0.00416. The van der Waals surface area contributed by atoms with Crippen LogP contribution in [0.25, 0.3) is 0 Å². The fraction of sp³-hybridized carbons (Fsp3) is 0.769. The quantitative estimate of drug-likeness (QED) is 0.518. The highest BCUT2D eigenvalue weighted by Crippen LogP contribution is 2.43. The van der Waals surface area contributed by atoms with E-state index >= 15 is 0 Å². The minimum atomic E-state index is 0.00416. The standard InChI is InChI=1S/C13H24N6O/c1-4-13(6-5-7-13)8-15-10-16-11(19-14)18-12(17-10)20-9(2)3/h9H,4-8,14H2,1-3H3,(H2,15,16,17,18,19). The Kier molecular flexibility index (Phi) is 4.59. The van der Waals surface area contributed by atoms with Crippen LogP contribution < -0.4 is 21.3 Å². The molecule has 20 heavy (non-hydrogen) atoms. The van der Waals surface area contributed by atoms with Gasteiger partial charge in [0.2, 0.25) is 11.9 Å². The monoisotopic (exact) mass is 280 g/mol. The summed E-state index contributed by atoms with van der Waals surface area (Å²) in [4.78, 5) is 12.5. The van der Waals surface area contributed by atoms with Crippen LogP contribution in [0.1, 0.15) is 46.5 Å². The Labute approximate surface area is 119 Å². The van der Waals surface area contributed by atoms with Gasteiger partial charge in [0.25, 0.3) is 0 Å². The molecule has 7 nitrogen and oxygen atoms in total. The van der Waals surface area contributed by atoms with E-state index in [9.17, 15) is 0 Å². The summed E-state index contributed by atoms with van der Waals surface area (Å²) in [5.41, 5.74) is 2.83. The summed E-state index contributed by atoms with van der Waals surface area (Å²) in [5, 5.41) is 3.29. The second kappa shape index (κ2) is 6.21. The van der Waals surface area contributed by atoms with Crippen molar-refractivity contribution in [3.8, 4) is 6.01 Å². The molecule has 0 amide bonds. The lowest BCUT2D eigenvalue weighted by molar-refractivity contribution is 0.144. The molecule has 1 aliphatic rings. The van der Waals surface area contributed by atoms with E-state index in [2.05, 4.69) is 32.6 Å². The zero-order valence-corrected chi connectivity index (χ0v) is 12.4. The lowest BCUT2D eigenvalue weighted by Crippen LogP contribution is -2.36. The van der Waals surface area contributed by atoms with Crippen molar-refractivity contribution in [2.24, 2.45) is 11.3 Å². The predicted octanol–water partition coefficient (Wildman–Crippen LogP) is 1.94. The number of rotatable bonds is 7. The van der Waals surface area contributed by atoms with Crippen molar-refractivity contribution in [2.75, 3.05) is 17.3 Å². The minimum Gasteiger partial charge on any atom is -0.461 e. The van der Waals surface area contributed by atoms with E-state index in [-0.39, 0.29) is 12.1 Å². The van der Waals surface area contributed by atoms with Gasteiger partial charge < -0.3 is 10.1 Å². The molecule has 0 aliphatic heterocycles. The largest absolute Gasteiger partial charge is 0.461 e. The Morgan fingerprint density at radius 3 is 2.45 bits per heavy atom. The van der Waals surface area contributed by atoms with Gasteiger partial charge in [0.1, 0.15) is 0 Å². The number of nitrogens with one attached hydrogen (secondary N) is 2. The summed E-state index contributed by atoms with van der Waals surface area (Å²) in [5.74, 6) is 6.18. The molecule has 2 rings (SSSR count). The van der Waals surface area contributed by atoms with E-state index in [0.29, 0.717) is 17.3 Å². The van der Waals surface area contributed by atoms with E-state index in [1.165, 1.54) is 25.7 Å². The van der Waals surface area contributed by atoms with Crippen molar-refractivity contribution in [2.45, 2.75) is 52.6 Å². The van der Waals surface area contributed by atoms with Gasteiger partial charge in [-0.15, -0.1) is 0 Å². The number of hydrogen-bond acceptors (Lipinski definition) is 7. The highest BCUT2D eigenvalue weighted by Gasteiger charge is 2.34. The molecule has 0 atom stereocenters. The first kappa shape index (κ1) is 14.8. The molecule has 1 heterocycles.